The van der Waals surface area contributed by atoms with Crippen LogP contribution < -0.4 is 0 Å². The Kier molecular flexibility index (Phi) is 4.75. The number of carbonyl (C=O) groups excluding carboxylic acids is 1. The van der Waals surface area contributed by atoms with Crippen molar-refractivity contribution in [2.24, 2.45) is 0 Å². The highest BCUT2D eigenvalue weighted by Gasteiger charge is 2.11. The molecule has 0 saturated heterocycles. The lowest BCUT2D eigenvalue weighted by Crippen LogP contribution is -1.99. The Bertz CT molecular complexity index is 424. The second kappa shape index (κ2) is 5.86. The van der Waals surface area contributed by atoms with Crippen LogP contribution in [-0.2, 0) is 16.1 Å². The molecule has 0 bridgehead atoms. The van der Waals surface area contributed by atoms with Crippen molar-refractivity contribution in [2.75, 3.05) is 0 Å². The molecule has 0 radical (unpaired) electrons. The highest BCUT2D eigenvalue weighted by Crippen LogP contribution is 2.28. The first-order valence-corrected chi connectivity index (χ1v) is 5.80. The Morgan fingerprint density at radius 3 is 2.88 bits per heavy atom. The van der Waals surface area contributed by atoms with E-state index in [4.69, 9.17) is 4.74 Å². The van der Waals surface area contributed by atoms with Gasteiger partial charge in [-0.3, -0.25) is 14.9 Å². The van der Waals surface area contributed by atoms with Gasteiger partial charge in [0.1, 0.15) is 10.9 Å². The summed E-state index contributed by atoms with van der Waals surface area (Å²) in [6, 6.07) is 5.03. The number of benzene rings is 1. The van der Waals surface area contributed by atoms with Crippen molar-refractivity contribution < 1.29 is 13.9 Å². The van der Waals surface area contributed by atoms with Crippen LogP contribution in [0.2, 0.25) is 0 Å². The number of halogens is 1. The van der Waals surface area contributed by atoms with Gasteiger partial charge in [-0.25, -0.2) is 0 Å². The molecule has 0 saturated carbocycles. The van der Waals surface area contributed by atoms with Crippen LogP contribution in [0.5, 0.6) is 0 Å². The Morgan fingerprint density at radius 1 is 1.62 bits per heavy atom. The predicted octanol–water partition coefficient (Wildman–Crippen LogP) is 2.80. The van der Waals surface area contributed by atoms with E-state index in [2.05, 4.69) is 15.9 Å². The minimum absolute atomic E-state index is 0.119. The van der Waals surface area contributed by atoms with Crippen LogP contribution in [0, 0.1) is 10.1 Å². The van der Waals surface area contributed by atoms with Crippen LogP contribution in [0.1, 0.15) is 12.5 Å². The molecule has 0 heterocycles. The summed E-state index contributed by atoms with van der Waals surface area (Å²) in [5.74, 6) is -0.383. The molecule has 0 aromatic heterocycles. The fraction of sp³-hybridized carbons (Fsp3) is 0.222. The molecule has 0 atom stereocenters. The molecule has 1 rings (SSSR count). The molecule has 0 aliphatic heterocycles. The van der Waals surface area contributed by atoms with Crippen LogP contribution in [-0.4, -0.2) is 10.3 Å². The minimum Gasteiger partial charge on any atom is -0.461 e. The Labute approximate surface area is 105 Å². The number of hydrogen-bond donors (Lipinski definition) is 0. The fourth-order valence-electron chi connectivity index (χ4n) is 0.973. The molecular formula is C9H8BrNO4S. The van der Waals surface area contributed by atoms with Gasteiger partial charge in [-0.2, -0.15) is 0 Å². The smallest absolute Gasteiger partial charge is 0.302 e. The Balaban J connectivity index is 2.80. The first-order valence-electron chi connectivity index (χ1n) is 4.23. The number of hydrogen-bond acceptors (Lipinski definition) is 5. The quantitative estimate of drug-likeness (QED) is 0.370. The standard InChI is InChI=1S/C9H8BrNO4S/c1-6(12)15-5-7-2-3-8(10)9(4-7)16-11(13)14/h2-4H,5H2,1H3. The van der Waals surface area contributed by atoms with Crippen molar-refractivity contribution in [3.8, 4) is 0 Å². The van der Waals surface area contributed by atoms with E-state index in [1.165, 1.54) is 6.92 Å². The molecule has 1 aromatic rings. The zero-order valence-electron chi connectivity index (χ0n) is 8.31. The van der Waals surface area contributed by atoms with Crippen LogP contribution in [0.25, 0.3) is 0 Å². The van der Waals surface area contributed by atoms with E-state index in [0.29, 0.717) is 26.9 Å². The maximum atomic E-state index is 10.6. The van der Waals surface area contributed by atoms with E-state index in [0.717, 1.165) is 0 Å². The number of nitrogens with zero attached hydrogens (tertiary/aromatic N) is 1. The number of carbonyl (C=O) groups is 1. The fourth-order valence-corrected chi connectivity index (χ4v) is 1.96. The van der Waals surface area contributed by atoms with E-state index >= 15 is 0 Å². The number of nitro groups is 1. The summed E-state index contributed by atoms with van der Waals surface area (Å²) in [6.07, 6.45) is 0. The molecule has 0 aliphatic carbocycles. The van der Waals surface area contributed by atoms with Crippen molar-refractivity contribution >= 4 is 33.8 Å². The van der Waals surface area contributed by atoms with Gasteiger partial charge < -0.3 is 4.74 Å². The van der Waals surface area contributed by atoms with Gasteiger partial charge in [0, 0.05) is 11.4 Å². The lowest BCUT2D eigenvalue weighted by Gasteiger charge is -2.04. The van der Waals surface area contributed by atoms with Gasteiger partial charge in [0.2, 0.25) is 0 Å². The molecule has 7 heteroatoms. The van der Waals surface area contributed by atoms with Gasteiger partial charge in [0.25, 0.3) is 11.9 Å². The van der Waals surface area contributed by atoms with Crippen molar-refractivity contribution in [2.45, 2.75) is 18.4 Å². The van der Waals surface area contributed by atoms with Crippen LogP contribution in [0.3, 0.4) is 0 Å². The second-order valence-electron chi connectivity index (χ2n) is 2.86. The highest BCUT2D eigenvalue weighted by molar-refractivity contribution is 9.10. The molecule has 16 heavy (non-hydrogen) atoms. The highest BCUT2D eigenvalue weighted by atomic mass is 79.9. The first kappa shape index (κ1) is 13.0. The zero-order valence-corrected chi connectivity index (χ0v) is 10.7. The number of ether oxygens (including phenoxy) is 1. The first-order chi connectivity index (χ1) is 7.49. The Hall–Kier alpha value is -1.08. The number of rotatable bonds is 4. The van der Waals surface area contributed by atoms with E-state index in [1.54, 1.807) is 18.2 Å². The molecule has 0 N–H and O–H groups in total. The van der Waals surface area contributed by atoms with Gasteiger partial charge in [-0.05, 0) is 33.6 Å². The molecular weight excluding hydrogens is 298 g/mol. The van der Waals surface area contributed by atoms with Gasteiger partial charge in [-0.15, -0.1) is 0 Å². The third-order valence-electron chi connectivity index (χ3n) is 1.61. The van der Waals surface area contributed by atoms with Crippen molar-refractivity contribution in [3.63, 3.8) is 0 Å². The largest absolute Gasteiger partial charge is 0.461 e. The average molecular weight is 306 g/mol. The lowest BCUT2D eigenvalue weighted by atomic mass is 10.2. The van der Waals surface area contributed by atoms with Gasteiger partial charge >= 0.3 is 5.97 Å². The summed E-state index contributed by atoms with van der Waals surface area (Å²) in [5, 5.41) is 10.4. The molecule has 0 fully saturated rings. The molecule has 0 spiro atoms. The molecule has 86 valence electrons. The third kappa shape index (κ3) is 4.19. The van der Waals surface area contributed by atoms with Gasteiger partial charge in [-0.1, -0.05) is 6.07 Å². The summed E-state index contributed by atoms with van der Waals surface area (Å²) < 4.78 is 4.94. The van der Waals surface area contributed by atoms with E-state index < -0.39 is 4.33 Å². The van der Waals surface area contributed by atoms with Crippen LogP contribution >= 0.6 is 27.9 Å². The van der Waals surface area contributed by atoms with Crippen LogP contribution in [0.4, 0.5) is 0 Å². The lowest BCUT2D eigenvalue weighted by molar-refractivity contribution is -0.284. The SMILES string of the molecule is CC(=O)OCc1ccc(Br)c(S[N+](=O)[O-])c1. The summed E-state index contributed by atoms with van der Waals surface area (Å²) in [6.45, 7) is 1.43. The molecule has 5 nitrogen and oxygen atoms in total. The molecule has 0 unspecified atom stereocenters. The van der Waals surface area contributed by atoms with Gasteiger partial charge in [0.05, 0.1) is 4.90 Å². The van der Waals surface area contributed by atoms with E-state index in [9.17, 15) is 14.9 Å². The maximum Gasteiger partial charge on any atom is 0.302 e. The number of esters is 1. The topological polar surface area (TPSA) is 69.4 Å². The van der Waals surface area contributed by atoms with Crippen molar-refractivity contribution in [1.29, 1.82) is 0 Å². The second-order valence-corrected chi connectivity index (χ2v) is 4.63. The minimum atomic E-state index is -0.490. The normalized spacial score (nSPS) is 9.88. The summed E-state index contributed by atoms with van der Waals surface area (Å²) in [7, 11) is 0. The average Bonchev–Trinajstić information content (AvgIpc) is 2.18. The molecule has 0 aliphatic rings. The van der Waals surface area contributed by atoms with Crippen molar-refractivity contribution in [3.05, 3.63) is 38.3 Å². The van der Waals surface area contributed by atoms with Gasteiger partial charge in [0.15, 0.2) is 0 Å². The van der Waals surface area contributed by atoms with E-state index in [1.807, 2.05) is 0 Å². The monoisotopic (exact) mass is 305 g/mol. The summed E-state index contributed by atoms with van der Waals surface area (Å²) in [5.41, 5.74) is 0.711. The summed E-state index contributed by atoms with van der Waals surface area (Å²) >= 11 is 3.71. The Morgan fingerprint density at radius 2 is 2.31 bits per heavy atom. The van der Waals surface area contributed by atoms with Crippen LogP contribution in [0.15, 0.2) is 27.6 Å². The predicted molar refractivity (Wildman–Crippen MR) is 62.5 cm³/mol. The molecule has 1 aromatic carbocycles. The van der Waals surface area contributed by atoms with E-state index in [-0.39, 0.29) is 12.6 Å². The van der Waals surface area contributed by atoms with Crippen molar-refractivity contribution in [1.82, 2.24) is 0 Å². The summed E-state index contributed by atoms with van der Waals surface area (Å²) in [4.78, 5) is 21.4. The molecule has 0 amide bonds. The maximum absolute atomic E-state index is 10.6. The third-order valence-corrected chi connectivity index (χ3v) is 3.25. The zero-order chi connectivity index (χ0) is 12.1.